The van der Waals surface area contributed by atoms with Gasteiger partial charge in [0, 0.05) is 37.9 Å². The zero-order chi connectivity index (χ0) is 10.7. The largest absolute Gasteiger partial charge is 0.481 e. The number of ether oxygens (including phenoxy) is 1. The summed E-state index contributed by atoms with van der Waals surface area (Å²) < 4.78 is 5.01. The van der Waals surface area contributed by atoms with Crippen LogP contribution >= 0.6 is 0 Å². The zero-order valence-corrected chi connectivity index (χ0v) is 9.02. The normalized spacial score (nSPS) is 21.9. The van der Waals surface area contributed by atoms with Gasteiger partial charge in [0.1, 0.15) is 0 Å². The van der Waals surface area contributed by atoms with E-state index in [4.69, 9.17) is 10.5 Å². The van der Waals surface area contributed by atoms with Crippen LogP contribution in [0.25, 0.3) is 0 Å². The van der Waals surface area contributed by atoms with Gasteiger partial charge < -0.3 is 10.5 Å². The Morgan fingerprint density at radius 1 is 1.60 bits per heavy atom. The Kier molecular flexibility index (Phi) is 3.18. The van der Waals surface area contributed by atoms with Gasteiger partial charge in [-0.15, -0.1) is 0 Å². The first-order valence-electron chi connectivity index (χ1n) is 5.25. The number of pyridine rings is 1. The number of nitrogens with zero attached hydrogens (tertiary/aromatic N) is 2. The quantitative estimate of drug-likeness (QED) is 0.789. The van der Waals surface area contributed by atoms with Gasteiger partial charge in [-0.05, 0) is 12.0 Å². The van der Waals surface area contributed by atoms with Crippen molar-refractivity contribution in [2.45, 2.75) is 19.0 Å². The maximum absolute atomic E-state index is 5.85. The van der Waals surface area contributed by atoms with Gasteiger partial charge in [-0.25, -0.2) is 4.98 Å². The van der Waals surface area contributed by atoms with Crippen LogP contribution in [0.1, 0.15) is 12.0 Å². The molecule has 1 aliphatic heterocycles. The lowest BCUT2D eigenvalue weighted by molar-refractivity contribution is 0.326. The van der Waals surface area contributed by atoms with Gasteiger partial charge in [0.15, 0.2) is 0 Å². The Balaban J connectivity index is 1.93. The Morgan fingerprint density at radius 2 is 2.47 bits per heavy atom. The molecule has 1 aromatic rings. The third kappa shape index (κ3) is 2.67. The van der Waals surface area contributed by atoms with E-state index in [-0.39, 0.29) is 0 Å². The maximum Gasteiger partial charge on any atom is 0.212 e. The minimum Gasteiger partial charge on any atom is -0.481 e. The Hall–Kier alpha value is -1.13. The molecule has 0 amide bonds. The molecule has 1 aromatic heterocycles. The average Bonchev–Trinajstić information content (AvgIpc) is 2.65. The number of nitrogens with two attached hydrogens (primary N) is 1. The number of hydrogen-bond acceptors (Lipinski definition) is 4. The van der Waals surface area contributed by atoms with E-state index in [0.29, 0.717) is 11.9 Å². The highest BCUT2D eigenvalue weighted by Crippen LogP contribution is 2.13. The first kappa shape index (κ1) is 10.4. The number of rotatable bonds is 3. The highest BCUT2D eigenvalue weighted by Gasteiger charge is 2.18. The fourth-order valence-corrected chi connectivity index (χ4v) is 1.89. The molecule has 0 bridgehead atoms. The summed E-state index contributed by atoms with van der Waals surface area (Å²) in [4.78, 5) is 6.53. The molecule has 82 valence electrons. The molecular weight excluding hydrogens is 190 g/mol. The molecule has 2 heterocycles. The number of methoxy groups -OCH3 is 1. The van der Waals surface area contributed by atoms with Crippen molar-refractivity contribution >= 4 is 0 Å². The Labute approximate surface area is 90.0 Å². The van der Waals surface area contributed by atoms with Crippen molar-refractivity contribution in [2.75, 3.05) is 20.2 Å². The second-order valence-electron chi connectivity index (χ2n) is 3.99. The fourth-order valence-electron chi connectivity index (χ4n) is 1.89. The second kappa shape index (κ2) is 4.59. The van der Waals surface area contributed by atoms with E-state index in [1.165, 1.54) is 5.56 Å². The van der Waals surface area contributed by atoms with Gasteiger partial charge in [0.2, 0.25) is 5.88 Å². The molecule has 2 rings (SSSR count). The number of likely N-dealkylation sites (tertiary alicyclic amines) is 1. The van der Waals surface area contributed by atoms with Crippen molar-refractivity contribution in [2.24, 2.45) is 5.73 Å². The predicted molar refractivity (Wildman–Crippen MR) is 58.7 cm³/mol. The van der Waals surface area contributed by atoms with Crippen LogP contribution in [0, 0.1) is 0 Å². The topological polar surface area (TPSA) is 51.4 Å². The summed E-state index contributed by atoms with van der Waals surface area (Å²) in [5.41, 5.74) is 7.06. The third-order valence-electron chi connectivity index (χ3n) is 2.72. The van der Waals surface area contributed by atoms with Crippen molar-refractivity contribution in [1.82, 2.24) is 9.88 Å². The van der Waals surface area contributed by atoms with Gasteiger partial charge in [-0.1, -0.05) is 6.07 Å². The van der Waals surface area contributed by atoms with Crippen LogP contribution in [0.15, 0.2) is 18.3 Å². The minimum atomic E-state index is 0.344. The van der Waals surface area contributed by atoms with E-state index in [1.807, 2.05) is 12.3 Å². The first-order valence-corrected chi connectivity index (χ1v) is 5.25. The Morgan fingerprint density at radius 3 is 3.00 bits per heavy atom. The molecule has 2 N–H and O–H groups in total. The van der Waals surface area contributed by atoms with Crippen molar-refractivity contribution in [3.8, 4) is 5.88 Å². The van der Waals surface area contributed by atoms with E-state index >= 15 is 0 Å². The summed E-state index contributed by atoms with van der Waals surface area (Å²) in [5.74, 6) is 0.664. The molecule has 0 radical (unpaired) electrons. The summed E-state index contributed by atoms with van der Waals surface area (Å²) in [6, 6.07) is 4.29. The molecule has 1 aliphatic rings. The molecule has 0 aromatic carbocycles. The second-order valence-corrected chi connectivity index (χ2v) is 3.99. The molecule has 0 aliphatic carbocycles. The molecule has 4 nitrogen and oxygen atoms in total. The smallest absolute Gasteiger partial charge is 0.212 e. The van der Waals surface area contributed by atoms with Crippen molar-refractivity contribution in [1.29, 1.82) is 0 Å². The number of aromatic nitrogens is 1. The maximum atomic E-state index is 5.85. The van der Waals surface area contributed by atoms with Crippen LogP contribution < -0.4 is 10.5 Å². The van der Waals surface area contributed by atoms with E-state index in [1.54, 1.807) is 7.11 Å². The van der Waals surface area contributed by atoms with Crippen LogP contribution in [0.2, 0.25) is 0 Å². The van der Waals surface area contributed by atoms with E-state index in [0.717, 1.165) is 26.1 Å². The van der Waals surface area contributed by atoms with Gasteiger partial charge >= 0.3 is 0 Å². The van der Waals surface area contributed by atoms with Crippen molar-refractivity contribution < 1.29 is 4.74 Å². The average molecular weight is 207 g/mol. The van der Waals surface area contributed by atoms with Crippen molar-refractivity contribution in [3.63, 3.8) is 0 Å². The highest BCUT2D eigenvalue weighted by molar-refractivity contribution is 5.17. The molecule has 0 spiro atoms. The minimum absolute atomic E-state index is 0.344. The summed E-state index contributed by atoms with van der Waals surface area (Å²) in [6.45, 7) is 3.02. The van der Waals surface area contributed by atoms with Gasteiger partial charge in [0.25, 0.3) is 0 Å². The van der Waals surface area contributed by atoms with E-state index < -0.39 is 0 Å². The van der Waals surface area contributed by atoms with Crippen molar-refractivity contribution in [3.05, 3.63) is 23.9 Å². The molecule has 15 heavy (non-hydrogen) atoms. The SMILES string of the molecule is COc1ccc(CN2CCC(N)C2)cn1. The molecule has 1 saturated heterocycles. The van der Waals surface area contributed by atoms with E-state index in [9.17, 15) is 0 Å². The lowest BCUT2D eigenvalue weighted by atomic mass is 10.2. The first-order chi connectivity index (χ1) is 7.28. The summed E-state index contributed by atoms with van der Waals surface area (Å²) in [6.07, 6.45) is 2.96. The van der Waals surface area contributed by atoms with Crippen LogP contribution in [0.3, 0.4) is 0 Å². The monoisotopic (exact) mass is 207 g/mol. The Bertz CT molecular complexity index is 312. The summed E-state index contributed by atoms with van der Waals surface area (Å²) in [7, 11) is 1.63. The van der Waals surface area contributed by atoms with Crippen LogP contribution in [0.5, 0.6) is 5.88 Å². The van der Waals surface area contributed by atoms with E-state index in [2.05, 4.69) is 16.0 Å². The van der Waals surface area contributed by atoms with Gasteiger partial charge in [-0.3, -0.25) is 4.90 Å². The lowest BCUT2D eigenvalue weighted by Crippen LogP contribution is -2.26. The molecule has 1 fully saturated rings. The molecule has 1 unspecified atom stereocenters. The molecule has 4 heteroatoms. The predicted octanol–water partition coefficient (Wildman–Crippen LogP) is 0.623. The molecule has 0 saturated carbocycles. The summed E-state index contributed by atoms with van der Waals surface area (Å²) >= 11 is 0. The fraction of sp³-hybridized carbons (Fsp3) is 0.545. The number of hydrogen-bond donors (Lipinski definition) is 1. The highest BCUT2D eigenvalue weighted by atomic mass is 16.5. The van der Waals surface area contributed by atoms with Gasteiger partial charge in [-0.2, -0.15) is 0 Å². The lowest BCUT2D eigenvalue weighted by Gasteiger charge is -2.14. The van der Waals surface area contributed by atoms with Crippen LogP contribution in [-0.4, -0.2) is 36.1 Å². The van der Waals surface area contributed by atoms with Crippen LogP contribution in [0.4, 0.5) is 0 Å². The standard InChI is InChI=1S/C11H17N3O/c1-15-11-3-2-9(6-13-11)7-14-5-4-10(12)8-14/h2-3,6,10H,4-5,7-8,12H2,1H3. The zero-order valence-electron chi connectivity index (χ0n) is 9.02. The third-order valence-corrected chi connectivity index (χ3v) is 2.72. The summed E-state index contributed by atoms with van der Waals surface area (Å²) in [5, 5.41) is 0. The molecule has 1 atom stereocenters. The van der Waals surface area contributed by atoms with Gasteiger partial charge in [0.05, 0.1) is 7.11 Å². The van der Waals surface area contributed by atoms with Crippen LogP contribution in [-0.2, 0) is 6.54 Å². The molecular formula is C11H17N3O.